The lowest BCUT2D eigenvalue weighted by Gasteiger charge is -2.18. The van der Waals surface area contributed by atoms with E-state index in [0.717, 1.165) is 0 Å². The third kappa shape index (κ3) is 3.88. The number of rotatable bonds is 4. The van der Waals surface area contributed by atoms with Gasteiger partial charge in [0.15, 0.2) is 0 Å². The van der Waals surface area contributed by atoms with E-state index in [1.165, 1.54) is 73.7 Å². The Morgan fingerprint density at radius 2 is 0.675 bits per heavy atom. The number of fused-ring (bicyclic) bond motifs is 6. The predicted octanol–water partition coefficient (Wildman–Crippen LogP) is 11.4. The van der Waals surface area contributed by atoms with E-state index >= 15 is 0 Å². The molecular formula is C38H24S2. The largest absolute Gasteiger partial charge is 0.135 e. The van der Waals surface area contributed by atoms with Crippen LogP contribution in [-0.2, 0) is 0 Å². The summed E-state index contributed by atoms with van der Waals surface area (Å²) in [4.78, 5) is 0. The Morgan fingerprint density at radius 1 is 0.300 bits per heavy atom. The summed E-state index contributed by atoms with van der Waals surface area (Å²) < 4.78 is 5.31. The molecule has 0 aliphatic rings. The summed E-state index contributed by atoms with van der Waals surface area (Å²) in [5, 5.41) is 5.28. The van der Waals surface area contributed by atoms with E-state index in [1.807, 2.05) is 22.7 Å². The van der Waals surface area contributed by atoms with Crippen LogP contribution in [0.15, 0.2) is 146 Å². The molecule has 0 aliphatic heterocycles. The third-order valence-corrected chi connectivity index (χ3v) is 10.0. The first-order valence-corrected chi connectivity index (χ1v) is 15.2. The standard InChI is InChI=1S/C38H24S2/c1-3-11-25(12-4-1)37(27-19-21-35-31(23-27)29-15-7-9-17-33(29)39-35)38(26-13-5-2-6-14-26)28-20-22-36-32(24-28)30-16-8-10-18-34(30)40-36/h1-24H. The Morgan fingerprint density at radius 3 is 1.12 bits per heavy atom. The SMILES string of the molecule is c1ccc(C(=C(c2ccccc2)c2ccc3sc4ccccc4c3c2)c2ccc3sc4ccccc4c3c2)cc1. The minimum atomic E-state index is 1.22. The van der Waals surface area contributed by atoms with E-state index in [4.69, 9.17) is 0 Å². The van der Waals surface area contributed by atoms with Crippen LogP contribution in [0, 0.1) is 0 Å². The smallest absolute Gasteiger partial charge is 0.0355 e. The Hall–Kier alpha value is -4.50. The maximum absolute atomic E-state index is 2.40. The minimum Gasteiger partial charge on any atom is -0.135 e. The molecule has 8 rings (SSSR count). The van der Waals surface area contributed by atoms with E-state index in [2.05, 4.69) is 146 Å². The van der Waals surface area contributed by atoms with Crippen molar-refractivity contribution in [3.05, 3.63) is 168 Å². The summed E-state index contributed by atoms with van der Waals surface area (Å²) in [5.74, 6) is 0. The van der Waals surface area contributed by atoms with E-state index in [-0.39, 0.29) is 0 Å². The van der Waals surface area contributed by atoms with Gasteiger partial charge in [0.05, 0.1) is 0 Å². The van der Waals surface area contributed by atoms with Gasteiger partial charge < -0.3 is 0 Å². The second kappa shape index (κ2) is 9.60. The van der Waals surface area contributed by atoms with Crippen LogP contribution >= 0.6 is 22.7 Å². The van der Waals surface area contributed by atoms with Gasteiger partial charge in [0.25, 0.3) is 0 Å². The fourth-order valence-corrected chi connectivity index (χ4v) is 8.06. The second-order valence-electron chi connectivity index (χ2n) is 10.1. The van der Waals surface area contributed by atoms with E-state index in [1.54, 1.807) is 0 Å². The van der Waals surface area contributed by atoms with Gasteiger partial charge in [0, 0.05) is 40.3 Å². The van der Waals surface area contributed by atoms with Crippen LogP contribution in [-0.4, -0.2) is 0 Å². The Kier molecular flexibility index (Phi) is 5.62. The fraction of sp³-hybridized carbons (Fsp3) is 0. The molecule has 0 nitrogen and oxygen atoms in total. The van der Waals surface area contributed by atoms with Crippen LogP contribution in [0.1, 0.15) is 22.3 Å². The van der Waals surface area contributed by atoms with Crippen molar-refractivity contribution < 1.29 is 0 Å². The topological polar surface area (TPSA) is 0 Å². The van der Waals surface area contributed by atoms with Gasteiger partial charge in [-0.15, -0.1) is 22.7 Å². The molecular weight excluding hydrogens is 521 g/mol. The lowest BCUT2D eigenvalue weighted by atomic mass is 9.85. The van der Waals surface area contributed by atoms with Crippen LogP contribution in [0.5, 0.6) is 0 Å². The first kappa shape index (κ1) is 23.4. The molecule has 6 aromatic carbocycles. The van der Waals surface area contributed by atoms with Crippen molar-refractivity contribution in [2.75, 3.05) is 0 Å². The quantitative estimate of drug-likeness (QED) is 0.193. The Labute approximate surface area is 241 Å². The first-order valence-electron chi connectivity index (χ1n) is 13.5. The molecule has 0 amide bonds. The van der Waals surface area contributed by atoms with Crippen LogP contribution in [0.3, 0.4) is 0 Å². The zero-order valence-corrected chi connectivity index (χ0v) is 23.3. The van der Waals surface area contributed by atoms with Crippen molar-refractivity contribution in [1.29, 1.82) is 0 Å². The average Bonchev–Trinajstić information content (AvgIpc) is 3.58. The summed E-state index contributed by atoms with van der Waals surface area (Å²) in [7, 11) is 0. The predicted molar refractivity (Wildman–Crippen MR) is 177 cm³/mol. The normalized spacial score (nSPS) is 12.4. The molecule has 0 atom stereocenters. The molecule has 0 saturated heterocycles. The number of benzene rings is 6. The minimum absolute atomic E-state index is 1.22. The second-order valence-corrected chi connectivity index (χ2v) is 12.3. The molecule has 0 bridgehead atoms. The van der Waals surface area contributed by atoms with Crippen molar-refractivity contribution in [3.8, 4) is 0 Å². The third-order valence-electron chi connectivity index (χ3n) is 7.71. The van der Waals surface area contributed by atoms with Gasteiger partial charge in [-0.1, -0.05) is 109 Å². The Balaban J connectivity index is 1.48. The first-order chi connectivity index (χ1) is 19.8. The van der Waals surface area contributed by atoms with Crippen LogP contribution in [0.2, 0.25) is 0 Å². The molecule has 188 valence electrons. The molecule has 0 radical (unpaired) electrons. The molecule has 2 aromatic heterocycles. The van der Waals surface area contributed by atoms with E-state index < -0.39 is 0 Å². The van der Waals surface area contributed by atoms with E-state index in [0.29, 0.717) is 0 Å². The number of hydrogen-bond donors (Lipinski definition) is 0. The summed E-state index contributed by atoms with van der Waals surface area (Å²) in [6, 6.07) is 53.3. The highest BCUT2D eigenvalue weighted by Crippen LogP contribution is 2.42. The lowest BCUT2D eigenvalue weighted by Crippen LogP contribution is -1.97. The monoisotopic (exact) mass is 544 g/mol. The molecule has 0 N–H and O–H groups in total. The average molecular weight is 545 g/mol. The highest BCUT2D eigenvalue weighted by molar-refractivity contribution is 7.26. The molecule has 0 aliphatic carbocycles. The molecule has 8 aromatic rings. The highest BCUT2D eigenvalue weighted by Gasteiger charge is 2.18. The molecule has 0 unspecified atom stereocenters. The Bertz CT molecular complexity index is 2040. The summed E-state index contributed by atoms with van der Waals surface area (Å²) in [6.07, 6.45) is 0. The molecule has 2 heterocycles. The molecule has 40 heavy (non-hydrogen) atoms. The highest BCUT2D eigenvalue weighted by atomic mass is 32.1. The molecule has 2 heteroatoms. The fourth-order valence-electron chi connectivity index (χ4n) is 5.88. The van der Waals surface area contributed by atoms with Crippen LogP contribution in [0.25, 0.3) is 51.5 Å². The van der Waals surface area contributed by atoms with Crippen molar-refractivity contribution in [1.82, 2.24) is 0 Å². The van der Waals surface area contributed by atoms with Gasteiger partial charge in [0.2, 0.25) is 0 Å². The molecule has 0 fully saturated rings. The summed E-state index contributed by atoms with van der Waals surface area (Å²) in [6.45, 7) is 0. The van der Waals surface area contributed by atoms with Gasteiger partial charge in [-0.2, -0.15) is 0 Å². The molecule has 0 saturated carbocycles. The van der Waals surface area contributed by atoms with Gasteiger partial charge in [-0.3, -0.25) is 0 Å². The summed E-state index contributed by atoms with van der Waals surface area (Å²) in [5.41, 5.74) is 7.41. The van der Waals surface area contributed by atoms with Crippen molar-refractivity contribution >= 4 is 74.2 Å². The van der Waals surface area contributed by atoms with Crippen molar-refractivity contribution in [2.24, 2.45) is 0 Å². The van der Waals surface area contributed by atoms with E-state index in [9.17, 15) is 0 Å². The molecule has 0 spiro atoms. The van der Waals surface area contributed by atoms with Gasteiger partial charge in [0.1, 0.15) is 0 Å². The maximum Gasteiger partial charge on any atom is 0.0355 e. The zero-order valence-electron chi connectivity index (χ0n) is 21.7. The van der Waals surface area contributed by atoms with Gasteiger partial charge >= 0.3 is 0 Å². The maximum atomic E-state index is 2.40. The van der Waals surface area contributed by atoms with Crippen molar-refractivity contribution in [3.63, 3.8) is 0 Å². The number of thiophene rings is 2. The van der Waals surface area contributed by atoms with Gasteiger partial charge in [-0.25, -0.2) is 0 Å². The van der Waals surface area contributed by atoms with Crippen molar-refractivity contribution in [2.45, 2.75) is 0 Å². The number of hydrogen-bond acceptors (Lipinski definition) is 2. The van der Waals surface area contributed by atoms with Crippen LogP contribution < -0.4 is 0 Å². The zero-order chi connectivity index (χ0) is 26.5. The lowest BCUT2D eigenvalue weighted by molar-refractivity contribution is 1.52. The van der Waals surface area contributed by atoms with Crippen LogP contribution in [0.4, 0.5) is 0 Å². The van der Waals surface area contributed by atoms with Gasteiger partial charge in [-0.05, 0) is 69.8 Å². The summed E-state index contributed by atoms with van der Waals surface area (Å²) >= 11 is 3.74.